The lowest BCUT2D eigenvalue weighted by Gasteiger charge is -2.21. The number of nitrogens with zero attached hydrogens (tertiary/aromatic N) is 1. The molecular formula is C15H18N2O3S. The van der Waals surface area contributed by atoms with Crippen molar-refractivity contribution in [3.05, 3.63) is 54.1 Å². The van der Waals surface area contributed by atoms with Gasteiger partial charge in [-0.05, 0) is 29.8 Å². The van der Waals surface area contributed by atoms with Gasteiger partial charge in [0.2, 0.25) is 0 Å². The molecule has 0 aliphatic rings. The molecule has 112 valence electrons. The van der Waals surface area contributed by atoms with Crippen LogP contribution in [0.25, 0.3) is 0 Å². The van der Waals surface area contributed by atoms with E-state index in [1.807, 2.05) is 6.07 Å². The lowest BCUT2D eigenvalue weighted by molar-refractivity contribution is 0.402. The summed E-state index contributed by atoms with van der Waals surface area (Å²) in [4.78, 5) is 0.119. The number of para-hydroxylation sites is 1. The highest BCUT2D eigenvalue weighted by molar-refractivity contribution is 7.92. The summed E-state index contributed by atoms with van der Waals surface area (Å²) in [5, 5.41) is 0. The highest BCUT2D eigenvalue weighted by Gasteiger charge is 2.25. The van der Waals surface area contributed by atoms with Crippen LogP contribution in [-0.4, -0.2) is 22.6 Å². The predicted octanol–water partition coefficient (Wildman–Crippen LogP) is 1.98. The van der Waals surface area contributed by atoms with Crippen molar-refractivity contribution in [1.29, 1.82) is 0 Å². The van der Waals surface area contributed by atoms with E-state index in [0.29, 0.717) is 18.0 Å². The van der Waals surface area contributed by atoms with Crippen LogP contribution < -0.4 is 14.8 Å². The standard InChI is InChI=1S/C15H18N2O3S/c1-17(13-6-4-3-5-7-13)21(18,19)15-9-8-12(11-16)10-14(15)20-2/h3-10H,11,16H2,1-2H3. The summed E-state index contributed by atoms with van der Waals surface area (Å²) in [6.07, 6.45) is 0. The maximum Gasteiger partial charge on any atom is 0.267 e. The molecule has 0 spiro atoms. The van der Waals surface area contributed by atoms with Gasteiger partial charge in [-0.25, -0.2) is 8.42 Å². The van der Waals surface area contributed by atoms with E-state index >= 15 is 0 Å². The van der Waals surface area contributed by atoms with Crippen molar-refractivity contribution in [3.63, 3.8) is 0 Å². The van der Waals surface area contributed by atoms with Crippen molar-refractivity contribution >= 4 is 15.7 Å². The fourth-order valence-corrected chi connectivity index (χ4v) is 3.31. The molecule has 6 heteroatoms. The summed E-state index contributed by atoms with van der Waals surface area (Å²) >= 11 is 0. The van der Waals surface area contributed by atoms with Gasteiger partial charge in [0.05, 0.1) is 12.8 Å². The predicted molar refractivity (Wildman–Crippen MR) is 82.9 cm³/mol. The summed E-state index contributed by atoms with van der Waals surface area (Å²) in [6.45, 7) is 0.325. The molecule has 0 bridgehead atoms. The molecule has 0 aromatic heterocycles. The van der Waals surface area contributed by atoms with E-state index in [1.165, 1.54) is 24.5 Å². The quantitative estimate of drug-likeness (QED) is 0.917. The summed E-state index contributed by atoms with van der Waals surface area (Å²) in [6, 6.07) is 13.7. The first-order valence-corrected chi connectivity index (χ1v) is 7.85. The van der Waals surface area contributed by atoms with Gasteiger partial charge in [-0.1, -0.05) is 24.3 Å². The van der Waals surface area contributed by atoms with Crippen LogP contribution in [-0.2, 0) is 16.6 Å². The summed E-state index contributed by atoms with van der Waals surface area (Å²) < 4.78 is 31.9. The van der Waals surface area contributed by atoms with Gasteiger partial charge in [0.25, 0.3) is 10.0 Å². The molecule has 2 rings (SSSR count). The van der Waals surface area contributed by atoms with Crippen molar-refractivity contribution in [2.24, 2.45) is 5.73 Å². The molecule has 0 saturated heterocycles. The van der Waals surface area contributed by atoms with Crippen LogP contribution >= 0.6 is 0 Å². The Labute approximate surface area is 125 Å². The normalized spacial score (nSPS) is 11.2. The number of benzene rings is 2. The molecule has 2 aromatic rings. The smallest absolute Gasteiger partial charge is 0.267 e. The van der Waals surface area contributed by atoms with Gasteiger partial charge in [-0.3, -0.25) is 4.31 Å². The summed E-state index contributed by atoms with van der Waals surface area (Å²) in [5.74, 6) is 0.292. The van der Waals surface area contributed by atoms with Crippen molar-refractivity contribution in [1.82, 2.24) is 0 Å². The van der Waals surface area contributed by atoms with E-state index in [2.05, 4.69) is 0 Å². The van der Waals surface area contributed by atoms with Gasteiger partial charge in [-0.15, -0.1) is 0 Å². The second kappa shape index (κ2) is 6.15. The molecule has 0 fully saturated rings. The van der Waals surface area contributed by atoms with Gasteiger partial charge in [0, 0.05) is 13.6 Å². The Morgan fingerprint density at radius 1 is 1.14 bits per heavy atom. The number of methoxy groups -OCH3 is 1. The van der Waals surface area contributed by atoms with Crippen LogP contribution in [0.1, 0.15) is 5.56 Å². The van der Waals surface area contributed by atoms with E-state index < -0.39 is 10.0 Å². The Balaban J connectivity index is 2.49. The third-order valence-corrected chi connectivity index (χ3v) is 5.05. The van der Waals surface area contributed by atoms with E-state index in [4.69, 9.17) is 10.5 Å². The number of hydrogen-bond acceptors (Lipinski definition) is 4. The SMILES string of the molecule is COc1cc(CN)ccc1S(=O)(=O)N(C)c1ccccc1. The molecule has 0 amide bonds. The van der Waals surface area contributed by atoms with Crippen LogP contribution in [0.2, 0.25) is 0 Å². The van der Waals surface area contributed by atoms with E-state index in [0.717, 1.165) is 5.56 Å². The highest BCUT2D eigenvalue weighted by Crippen LogP contribution is 2.29. The van der Waals surface area contributed by atoms with Gasteiger partial charge in [0.15, 0.2) is 0 Å². The van der Waals surface area contributed by atoms with Gasteiger partial charge < -0.3 is 10.5 Å². The Hall–Kier alpha value is -2.05. The maximum atomic E-state index is 12.7. The molecule has 2 N–H and O–H groups in total. The molecule has 0 unspecified atom stereocenters. The number of rotatable bonds is 5. The number of anilines is 1. The van der Waals surface area contributed by atoms with Crippen molar-refractivity contribution in [3.8, 4) is 5.75 Å². The Morgan fingerprint density at radius 3 is 2.38 bits per heavy atom. The first-order chi connectivity index (χ1) is 10.0. The number of nitrogens with two attached hydrogens (primary N) is 1. The van der Waals surface area contributed by atoms with Crippen molar-refractivity contribution in [2.75, 3.05) is 18.5 Å². The van der Waals surface area contributed by atoms with Crippen LogP contribution in [0.4, 0.5) is 5.69 Å². The summed E-state index contributed by atoms with van der Waals surface area (Å²) in [5.41, 5.74) is 6.97. The minimum absolute atomic E-state index is 0.119. The Morgan fingerprint density at radius 2 is 1.81 bits per heavy atom. The average Bonchev–Trinajstić information content (AvgIpc) is 2.54. The number of hydrogen-bond donors (Lipinski definition) is 1. The van der Waals surface area contributed by atoms with E-state index in [-0.39, 0.29) is 4.90 Å². The lowest BCUT2D eigenvalue weighted by atomic mass is 10.2. The van der Waals surface area contributed by atoms with Crippen LogP contribution in [0, 0.1) is 0 Å². The number of sulfonamides is 1. The van der Waals surface area contributed by atoms with E-state index in [9.17, 15) is 8.42 Å². The average molecular weight is 306 g/mol. The third-order valence-electron chi connectivity index (χ3n) is 3.22. The first kappa shape index (κ1) is 15.3. The molecule has 2 aromatic carbocycles. The van der Waals surface area contributed by atoms with Gasteiger partial charge in [-0.2, -0.15) is 0 Å². The fourth-order valence-electron chi connectivity index (χ4n) is 1.98. The van der Waals surface area contributed by atoms with Gasteiger partial charge >= 0.3 is 0 Å². The minimum atomic E-state index is -3.69. The zero-order valence-electron chi connectivity index (χ0n) is 12.0. The molecule has 0 aliphatic carbocycles. The van der Waals surface area contributed by atoms with Crippen LogP contribution in [0.3, 0.4) is 0 Å². The lowest BCUT2D eigenvalue weighted by Crippen LogP contribution is -2.27. The highest BCUT2D eigenvalue weighted by atomic mass is 32.2. The second-order valence-corrected chi connectivity index (χ2v) is 6.44. The zero-order valence-corrected chi connectivity index (χ0v) is 12.8. The van der Waals surface area contributed by atoms with Crippen LogP contribution in [0.15, 0.2) is 53.4 Å². The summed E-state index contributed by atoms with van der Waals surface area (Å²) in [7, 11) is -0.736. The zero-order chi connectivity index (χ0) is 15.5. The maximum absolute atomic E-state index is 12.7. The molecule has 21 heavy (non-hydrogen) atoms. The first-order valence-electron chi connectivity index (χ1n) is 6.41. The fraction of sp³-hybridized carbons (Fsp3) is 0.200. The van der Waals surface area contributed by atoms with Crippen molar-refractivity contribution < 1.29 is 13.2 Å². The van der Waals surface area contributed by atoms with Crippen molar-refractivity contribution in [2.45, 2.75) is 11.4 Å². The Bertz CT molecular complexity index is 715. The molecule has 0 radical (unpaired) electrons. The van der Waals surface area contributed by atoms with Gasteiger partial charge in [0.1, 0.15) is 10.6 Å². The molecule has 0 aliphatic heterocycles. The molecule has 0 heterocycles. The monoisotopic (exact) mass is 306 g/mol. The second-order valence-electron chi connectivity index (χ2n) is 4.50. The molecule has 0 atom stereocenters. The number of ether oxygens (including phenoxy) is 1. The molecule has 5 nitrogen and oxygen atoms in total. The minimum Gasteiger partial charge on any atom is -0.495 e. The molecular weight excluding hydrogens is 288 g/mol. The third kappa shape index (κ3) is 3.01. The van der Waals surface area contributed by atoms with E-state index in [1.54, 1.807) is 36.4 Å². The largest absolute Gasteiger partial charge is 0.495 e. The van der Waals surface area contributed by atoms with Crippen LogP contribution in [0.5, 0.6) is 5.75 Å². The topological polar surface area (TPSA) is 72.6 Å². The molecule has 0 saturated carbocycles. The Kier molecular flexibility index (Phi) is 4.50.